The maximum Gasteiger partial charge on any atom is 0.272 e. The van der Waals surface area contributed by atoms with Crippen molar-refractivity contribution >= 4 is 23.6 Å². The molecule has 0 fully saturated rings. The molecule has 2 N–H and O–H groups in total. The van der Waals surface area contributed by atoms with Crippen LogP contribution in [0.1, 0.15) is 21.7 Å². The molecule has 0 aliphatic heterocycles. The maximum absolute atomic E-state index is 12.7. The van der Waals surface area contributed by atoms with Crippen LogP contribution in [-0.4, -0.2) is 11.8 Å². The van der Waals surface area contributed by atoms with Crippen LogP contribution in [-0.2, 0) is 4.79 Å². The highest BCUT2D eigenvalue weighted by atomic mass is 16.3. The Hall–Kier alpha value is -3.60. The zero-order valence-corrected chi connectivity index (χ0v) is 14.2. The Morgan fingerprint density at radius 3 is 2.35 bits per heavy atom. The van der Waals surface area contributed by atoms with Gasteiger partial charge in [0.05, 0.1) is 6.26 Å². The average Bonchev–Trinajstić information content (AvgIpc) is 3.17. The van der Waals surface area contributed by atoms with E-state index in [-0.39, 0.29) is 11.6 Å². The Labute approximate surface area is 151 Å². The molecule has 26 heavy (non-hydrogen) atoms. The first-order chi connectivity index (χ1) is 12.6. The van der Waals surface area contributed by atoms with E-state index < -0.39 is 5.91 Å². The van der Waals surface area contributed by atoms with Crippen LogP contribution in [0.2, 0.25) is 0 Å². The number of amides is 2. The van der Waals surface area contributed by atoms with Crippen LogP contribution < -0.4 is 10.6 Å². The molecule has 1 heterocycles. The van der Waals surface area contributed by atoms with Crippen LogP contribution in [0.3, 0.4) is 0 Å². The van der Waals surface area contributed by atoms with Gasteiger partial charge in [-0.1, -0.05) is 36.4 Å². The molecule has 0 aliphatic rings. The molecule has 0 unspecified atom stereocenters. The Bertz CT molecular complexity index is 929. The van der Waals surface area contributed by atoms with Gasteiger partial charge in [0.25, 0.3) is 11.8 Å². The summed E-state index contributed by atoms with van der Waals surface area (Å²) < 4.78 is 5.27. The third kappa shape index (κ3) is 4.27. The number of furan rings is 1. The third-order valence-corrected chi connectivity index (χ3v) is 3.75. The molecular formula is C21H18N2O3. The molecule has 0 bridgehead atoms. The largest absolute Gasteiger partial charge is 0.465 e. The molecule has 2 amide bonds. The number of nitrogens with one attached hydrogen (secondary N) is 2. The lowest BCUT2D eigenvalue weighted by atomic mass is 10.2. The third-order valence-electron chi connectivity index (χ3n) is 3.75. The van der Waals surface area contributed by atoms with E-state index in [0.717, 1.165) is 5.56 Å². The Morgan fingerprint density at radius 2 is 1.65 bits per heavy atom. The second-order valence-electron chi connectivity index (χ2n) is 5.66. The van der Waals surface area contributed by atoms with E-state index in [2.05, 4.69) is 10.6 Å². The molecule has 0 atom stereocenters. The summed E-state index contributed by atoms with van der Waals surface area (Å²) in [4.78, 5) is 25.2. The minimum Gasteiger partial charge on any atom is -0.465 e. The van der Waals surface area contributed by atoms with Gasteiger partial charge in [0.2, 0.25) is 0 Å². The number of para-hydroxylation sites is 1. The molecule has 1 aromatic heterocycles. The molecule has 0 saturated carbocycles. The van der Waals surface area contributed by atoms with Crippen LogP contribution in [0.15, 0.2) is 83.1 Å². The number of hydrogen-bond donors (Lipinski definition) is 2. The van der Waals surface area contributed by atoms with Crippen molar-refractivity contribution in [1.82, 2.24) is 5.32 Å². The van der Waals surface area contributed by atoms with Gasteiger partial charge in [-0.15, -0.1) is 0 Å². The first-order valence-electron chi connectivity index (χ1n) is 8.12. The summed E-state index contributed by atoms with van der Waals surface area (Å²) in [5.41, 5.74) is 2.16. The van der Waals surface area contributed by atoms with Crippen molar-refractivity contribution in [1.29, 1.82) is 0 Å². The molecule has 3 rings (SSSR count). The summed E-state index contributed by atoms with van der Waals surface area (Å²) in [7, 11) is 0. The van der Waals surface area contributed by atoms with Gasteiger partial charge < -0.3 is 15.1 Å². The highest BCUT2D eigenvalue weighted by Gasteiger charge is 2.16. The van der Waals surface area contributed by atoms with Crippen molar-refractivity contribution in [3.05, 3.63) is 95.6 Å². The quantitative estimate of drug-likeness (QED) is 0.686. The lowest BCUT2D eigenvalue weighted by Crippen LogP contribution is -2.30. The van der Waals surface area contributed by atoms with Crippen molar-refractivity contribution in [3.63, 3.8) is 0 Å². The number of anilines is 1. The predicted octanol–water partition coefficient (Wildman–Crippen LogP) is 4.00. The van der Waals surface area contributed by atoms with Crippen LogP contribution >= 0.6 is 0 Å². The van der Waals surface area contributed by atoms with E-state index in [1.54, 1.807) is 42.5 Å². The van der Waals surface area contributed by atoms with Crippen molar-refractivity contribution in [3.8, 4) is 0 Å². The zero-order chi connectivity index (χ0) is 18.4. The van der Waals surface area contributed by atoms with E-state index in [1.807, 2.05) is 31.2 Å². The fourth-order valence-corrected chi connectivity index (χ4v) is 2.36. The first-order valence-corrected chi connectivity index (χ1v) is 8.12. The first kappa shape index (κ1) is 17.2. The van der Waals surface area contributed by atoms with Crippen molar-refractivity contribution in [2.24, 2.45) is 0 Å². The molecule has 2 aromatic carbocycles. The Kier molecular flexibility index (Phi) is 5.29. The van der Waals surface area contributed by atoms with Gasteiger partial charge in [0.15, 0.2) is 0 Å². The molecular weight excluding hydrogens is 328 g/mol. The van der Waals surface area contributed by atoms with E-state index in [0.29, 0.717) is 17.0 Å². The van der Waals surface area contributed by atoms with E-state index in [9.17, 15) is 9.59 Å². The summed E-state index contributed by atoms with van der Waals surface area (Å²) in [6.45, 7) is 1.90. The molecule has 0 aliphatic carbocycles. The Morgan fingerprint density at radius 1 is 0.923 bits per heavy atom. The summed E-state index contributed by atoms with van der Waals surface area (Å²) >= 11 is 0. The maximum atomic E-state index is 12.7. The molecule has 3 aromatic rings. The monoisotopic (exact) mass is 346 g/mol. The van der Waals surface area contributed by atoms with Gasteiger partial charge >= 0.3 is 0 Å². The summed E-state index contributed by atoms with van der Waals surface area (Å²) in [6, 6.07) is 19.5. The van der Waals surface area contributed by atoms with E-state index in [1.165, 1.54) is 12.3 Å². The normalized spacial score (nSPS) is 11.0. The summed E-state index contributed by atoms with van der Waals surface area (Å²) in [5.74, 6) is -0.336. The van der Waals surface area contributed by atoms with Gasteiger partial charge in [0, 0.05) is 17.3 Å². The van der Waals surface area contributed by atoms with E-state index >= 15 is 0 Å². The fraction of sp³-hybridized carbons (Fsp3) is 0.0476. The molecule has 0 radical (unpaired) electrons. The second-order valence-corrected chi connectivity index (χ2v) is 5.66. The number of aryl methyl sites for hydroxylation is 1. The predicted molar refractivity (Wildman–Crippen MR) is 100 cm³/mol. The second kappa shape index (κ2) is 7.98. The van der Waals surface area contributed by atoms with Crippen LogP contribution in [0, 0.1) is 6.92 Å². The average molecular weight is 346 g/mol. The topological polar surface area (TPSA) is 71.3 Å². The van der Waals surface area contributed by atoms with E-state index in [4.69, 9.17) is 4.42 Å². The zero-order valence-electron chi connectivity index (χ0n) is 14.2. The van der Waals surface area contributed by atoms with Crippen molar-refractivity contribution in [2.45, 2.75) is 6.92 Å². The van der Waals surface area contributed by atoms with Gasteiger partial charge in [-0.3, -0.25) is 9.59 Å². The van der Waals surface area contributed by atoms with Crippen LogP contribution in [0.5, 0.6) is 0 Å². The van der Waals surface area contributed by atoms with Gasteiger partial charge in [0.1, 0.15) is 11.5 Å². The lowest BCUT2D eigenvalue weighted by molar-refractivity contribution is -0.113. The molecule has 0 spiro atoms. The van der Waals surface area contributed by atoms with Crippen molar-refractivity contribution < 1.29 is 14.0 Å². The van der Waals surface area contributed by atoms with Gasteiger partial charge in [-0.2, -0.15) is 0 Å². The smallest absolute Gasteiger partial charge is 0.272 e. The standard InChI is InChI=1S/C21H18N2O3/c1-15-8-5-6-12-18(15)22-21(25)19(14-17-11-7-13-26-17)23-20(24)16-9-3-2-4-10-16/h2-14H,1H3,(H,22,25)(H,23,24)/b19-14-. The summed E-state index contributed by atoms with van der Waals surface area (Å²) in [6.07, 6.45) is 3.00. The molecule has 5 heteroatoms. The van der Waals surface area contributed by atoms with Gasteiger partial charge in [-0.25, -0.2) is 0 Å². The molecule has 130 valence electrons. The minimum atomic E-state index is -0.431. The van der Waals surface area contributed by atoms with Crippen LogP contribution in [0.25, 0.3) is 6.08 Å². The SMILES string of the molecule is Cc1ccccc1NC(=O)/C(=C/c1ccco1)NC(=O)c1ccccc1. The number of rotatable bonds is 5. The molecule has 5 nitrogen and oxygen atoms in total. The molecule has 0 saturated heterocycles. The minimum absolute atomic E-state index is 0.0945. The lowest BCUT2D eigenvalue weighted by Gasteiger charge is -2.12. The highest BCUT2D eigenvalue weighted by molar-refractivity contribution is 6.10. The number of hydrogen-bond acceptors (Lipinski definition) is 3. The van der Waals surface area contributed by atoms with Gasteiger partial charge in [-0.05, 0) is 42.8 Å². The highest BCUT2D eigenvalue weighted by Crippen LogP contribution is 2.15. The summed E-state index contributed by atoms with van der Waals surface area (Å²) in [5, 5.41) is 5.48. The van der Waals surface area contributed by atoms with Crippen LogP contribution in [0.4, 0.5) is 5.69 Å². The fourth-order valence-electron chi connectivity index (χ4n) is 2.36. The Balaban J connectivity index is 1.85. The van der Waals surface area contributed by atoms with Crippen molar-refractivity contribution in [2.75, 3.05) is 5.32 Å². The number of carbonyl (C=O) groups excluding carboxylic acids is 2. The number of benzene rings is 2. The number of carbonyl (C=O) groups is 2.